The molecule has 1 N–H and O–H groups in total. The van der Waals surface area contributed by atoms with E-state index in [4.69, 9.17) is 0 Å². The first-order valence-electron chi connectivity index (χ1n) is 8.68. The molecule has 6 heteroatoms. The fourth-order valence-corrected chi connectivity index (χ4v) is 3.41. The number of hydrogen-bond acceptors (Lipinski definition) is 4. The van der Waals surface area contributed by atoms with Crippen LogP contribution in [0.25, 0.3) is 11.4 Å². The zero-order valence-electron chi connectivity index (χ0n) is 14.6. The molecule has 0 radical (unpaired) electrons. The molecule has 0 bridgehead atoms. The summed E-state index contributed by atoms with van der Waals surface area (Å²) in [6, 6.07) is 8.14. The lowest BCUT2D eigenvalue weighted by atomic mass is 9.78. The molecule has 1 aromatic carbocycles. The van der Waals surface area contributed by atoms with Crippen molar-refractivity contribution in [2.75, 3.05) is 0 Å². The fourth-order valence-electron chi connectivity index (χ4n) is 3.41. The topological polar surface area (TPSA) is 72.7 Å². The molecule has 3 atom stereocenters. The van der Waals surface area contributed by atoms with E-state index < -0.39 is 0 Å². The van der Waals surface area contributed by atoms with E-state index in [0.717, 1.165) is 17.5 Å². The number of benzene rings is 1. The third kappa shape index (κ3) is 3.63. The van der Waals surface area contributed by atoms with Crippen LogP contribution in [-0.4, -0.2) is 32.2 Å². The van der Waals surface area contributed by atoms with E-state index in [-0.39, 0.29) is 18.5 Å². The van der Waals surface area contributed by atoms with Crippen molar-refractivity contribution in [3.8, 4) is 11.4 Å². The van der Waals surface area contributed by atoms with E-state index in [0.29, 0.717) is 17.7 Å². The number of tetrazole rings is 1. The van der Waals surface area contributed by atoms with Gasteiger partial charge in [0.25, 0.3) is 0 Å². The predicted octanol–water partition coefficient (Wildman–Crippen LogP) is 2.59. The first-order chi connectivity index (χ1) is 11.5. The number of amides is 1. The van der Waals surface area contributed by atoms with Crippen LogP contribution in [0.5, 0.6) is 0 Å². The van der Waals surface area contributed by atoms with Crippen molar-refractivity contribution in [2.45, 2.75) is 52.6 Å². The summed E-state index contributed by atoms with van der Waals surface area (Å²) in [4.78, 5) is 13.7. The fraction of sp³-hybridized carbons (Fsp3) is 0.556. The molecule has 1 aliphatic carbocycles. The van der Waals surface area contributed by atoms with Crippen molar-refractivity contribution in [3.63, 3.8) is 0 Å². The SMILES string of the molecule is Cc1ccccc1-c1nnn(CC(=O)NC2CCCC(C)C2C)n1. The monoisotopic (exact) mass is 327 g/mol. The van der Waals surface area contributed by atoms with E-state index in [1.807, 2.05) is 31.2 Å². The number of hydrogen-bond donors (Lipinski definition) is 1. The number of nitrogens with zero attached hydrogens (tertiary/aromatic N) is 4. The molecule has 128 valence electrons. The number of aryl methyl sites for hydroxylation is 1. The number of carbonyl (C=O) groups excluding carboxylic acids is 1. The summed E-state index contributed by atoms with van der Waals surface area (Å²) in [5.41, 5.74) is 2.03. The van der Waals surface area contributed by atoms with Crippen LogP contribution in [0.2, 0.25) is 0 Å². The lowest BCUT2D eigenvalue weighted by molar-refractivity contribution is -0.123. The summed E-state index contributed by atoms with van der Waals surface area (Å²) in [6.45, 7) is 6.60. The predicted molar refractivity (Wildman–Crippen MR) is 92.1 cm³/mol. The van der Waals surface area contributed by atoms with Crippen LogP contribution in [-0.2, 0) is 11.3 Å². The second-order valence-corrected chi connectivity index (χ2v) is 6.90. The molecule has 1 aromatic heterocycles. The van der Waals surface area contributed by atoms with Gasteiger partial charge >= 0.3 is 0 Å². The van der Waals surface area contributed by atoms with Crippen molar-refractivity contribution in [3.05, 3.63) is 29.8 Å². The van der Waals surface area contributed by atoms with Gasteiger partial charge in [-0.1, -0.05) is 51.0 Å². The molecule has 6 nitrogen and oxygen atoms in total. The van der Waals surface area contributed by atoms with E-state index in [1.54, 1.807) is 0 Å². The summed E-state index contributed by atoms with van der Waals surface area (Å²) >= 11 is 0. The molecule has 0 saturated heterocycles. The van der Waals surface area contributed by atoms with Crippen LogP contribution in [0.15, 0.2) is 24.3 Å². The highest BCUT2D eigenvalue weighted by Crippen LogP contribution is 2.29. The number of aromatic nitrogens is 4. The molecule has 3 unspecified atom stereocenters. The third-order valence-corrected chi connectivity index (χ3v) is 5.18. The van der Waals surface area contributed by atoms with Gasteiger partial charge in [-0.25, -0.2) is 0 Å². The van der Waals surface area contributed by atoms with Crippen LogP contribution in [0.3, 0.4) is 0 Å². The van der Waals surface area contributed by atoms with Crippen molar-refractivity contribution < 1.29 is 4.79 Å². The zero-order valence-corrected chi connectivity index (χ0v) is 14.6. The summed E-state index contributed by atoms with van der Waals surface area (Å²) in [5, 5.41) is 15.6. The van der Waals surface area contributed by atoms with Gasteiger partial charge in [0.1, 0.15) is 6.54 Å². The molecular weight excluding hydrogens is 302 g/mol. The second-order valence-electron chi connectivity index (χ2n) is 6.90. The van der Waals surface area contributed by atoms with Gasteiger partial charge in [-0.3, -0.25) is 4.79 Å². The molecular formula is C18H25N5O. The van der Waals surface area contributed by atoms with Crippen LogP contribution in [0.4, 0.5) is 0 Å². The van der Waals surface area contributed by atoms with Gasteiger partial charge in [-0.15, -0.1) is 10.2 Å². The van der Waals surface area contributed by atoms with Gasteiger partial charge in [0.2, 0.25) is 11.7 Å². The third-order valence-electron chi connectivity index (χ3n) is 5.18. The molecule has 2 aromatic rings. The normalized spacial score (nSPS) is 23.9. The average Bonchev–Trinajstić information content (AvgIpc) is 3.00. The van der Waals surface area contributed by atoms with Crippen molar-refractivity contribution in [1.29, 1.82) is 0 Å². The number of carbonyl (C=O) groups is 1. The largest absolute Gasteiger partial charge is 0.351 e. The van der Waals surface area contributed by atoms with Crippen LogP contribution in [0.1, 0.15) is 38.7 Å². The maximum atomic E-state index is 12.3. The van der Waals surface area contributed by atoms with E-state index >= 15 is 0 Å². The molecule has 24 heavy (non-hydrogen) atoms. The van der Waals surface area contributed by atoms with E-state index in [9.17, 15) is 4.79 Å². The Kier molecular flexibility index (Phi) is 4.92. The van der Waals surface area contributed by atoms with Gasteiger partial charge in [0.05, 0.1) is 0 Å². The van der Waals surface area contributed by atoms with Crippen molar-refractivity contribution in [1.82, 2.24) is 25.5 Å². The highest BCUT2D eigenvalue weighted by atomic mass is 16.2. The van der Waals surface area contributed by atoms with E-state index in [2.05, 4.69) is 34.6 Å². The molecule has 1 aliphatic rings. The molecule has 0 aliphatic heterocycles. The molecule has 1 amide bonds. The Morgan fingerprint density at radius 3 is 2.88 bits per heavy atom. The second kappa shape index (κ2) is 7.11. The summed E-state index contributed by atoms with van der Waals surface area (Å²) in [5.74, 6) is 1.67. The van der Waals surface area contributed by atoms with Crippen LogP contribution >= 0.6 is 0 Å². The van der Waals surface area contributed by atoms with E-state index in [1.165, 1.54) is 17.6 Å². The summed E-state index contributed by atoms with van der Waals surface area (Å²) in [7, 11) is 0. The Morgan fingerprint density at radius 2 is 2.08 bits per heavy atom. The highest BCUT2D eigenvalue weighted by molar-refractivity contribution is 5.75. The van der Waals surface area contributed by atoms with Crippen LogP contribution < -0.4 is 5.32 Å². The standard InChI is InChI=1S/C18H25N5O/c1-12-8-6-10-16(14(12)3)19-17(24)11-23-21-18(20-22-23)15-9-5-4-7-13(15)2/h4-5,7,9,12,14,16H,6,8,10-11H2,1-3H3,(H,19,24). The highest BCUT2D eigenvalue weighted by Gasteiger charge is 2.28. The Balaban J connectivity index is 1.62. The van der Waals surface area contributed by atoms with Gasteiger partial charge in [-0.2, -0.15) is 4.80 Å². The summed E-state index contributed by atoms with van der Waals surface area (Å²) in [6.07, 6.45) is 3.48. The minimum atomic E-state index is -0.0466. The smallest absolute Gasteiger partial charge is 0.243 e. The Bertz CT molecular complexity index is 711. The molecule has 0 spiro atoms. The van der Waals surface area contributed by atoms with Crippen molar-refractivity contribution >= 4 is 5.91 Å². The Morgan fingerprint density at radius 1 is 1.29 bits per heavy atom. The maximum Gasteiger partial charge on any atom is 0.243 e. The lowest BCUT2D eigenvalue weighted by Gasteiger charge is -2.34. The first-order valence-corrected chi connectivity index (χ1v) is 8.68. The lowest BCUT2D eigenvalue weighted by Crippen LogP contribution is -2.45. The van der Waals surface area contributed by atoms with Gasteiger partial charge < -0.3 is 5.32 Å². The molecule has 1 heterocycles. The molecule has 3 rings (SSSR count). The van der Waals surface area contributed by atoms with Gasteiger partial charge in [0.15, 0.2) is 0 Å². The maximum absolute atomic E-state index is 12.3. The quantitative estimate of drug-likeness (QED) is 0.937. The Labute approximate surface area is 142 Å². The van der Waals surface area contributed by atoms with Gasteiger partial charge in [0, 0.05) is 11.6 Å². The molecule has 1 saturated carbocycles. The minimum Gasteiger partial charge on any atom is -0.351 e. The first kappa shape index (κ1) is 16.6. The average molecular weight is 327 g/mol. The Hall–Kier alpha value is -2.24. The minimum absolute atomic E-state index is 0.0466. The molecule has 1 fully saturated rings. The van der Waals surface area contributed by atoms with Crippen molar-refractivity contribution in [2.24, 2.45) is 11.8 Å². The number of nitrogens with one attached hydrogen (secondary N) is 1. The van der Waals surface area contributed by atoms with Crippen LogP contribution in [0, 0.1) is 18.8 Å². The number of rotatable bonds is 4. The summed E-state index contributed by atoms with van der Waals surface area (Å²) < 4.78 is 0. The van der Waals surface area contributed by atoms with Gasteiger partial charge in [-0.05, 0) is 36.0 Å². The zero-order chi connectivity index (χ0) is 17.1.